The Morgan fingerprint density at radius 1 is 1.21 bits per heavy atom. The Balaban J connectivity index is 1.55. The van der Waals surface area contributed by atoms with Crippen LogP contribution in [0.2, 0.25) is 0 Å². The van der Waals surface area contributed by atoms with Gasteiger partial charge < -0.3 is 19.7 Å². The number of amides is 2. The van der Waals surface area contributed by atoms with E-state index in [9.17, 15) is 36.4 Å². The van der Waals surface area contributed by atoms with Gasteiger partial charge in [-0.3, -0.25) is 9.48 Å². The standard InChI is InChI=1S/C27H32F3N5O6S/c1-4-41-25(37)35-9-7-26(16-31,8-10-35)33-24(36)20-12-19(13-22(20)40-3)42(38,39)23-6-5-17(11-21(23)27(28,29)30)18-14-32-34(2)15-18/h5-6,11,14-15,19-20,22H,4,7-10,12-13H2,1-3H3,(H,33,36)/t19-,20-,22+/m0/s1. The zero-order valence-corrected chi connectivity index (χ0v) is 24.2. The molecule has 228 valence electrons. The number of hydrogen-bond donors (Lipinski definition) is 1. The number of rotatable bonds is 7. The number of alkyl halides is 3. The van der Waals surface area contributed by atoms with Crippen molar-refractivity contribution in [3.05, 3.63) is 36.2 Å². The highest BCUT2D eigenvalue weighted by Crippen LogP contribution is 2.42. The Morgan fingerprint density at radius 2 is 1.90 bits per heavy atom. The molecule has 2 heterocycles. The predicted molar refractivity (Wildman–Crippen MR) is 142 cm³/mol. The summed E-state index contributed by atoms with van der Waals surface area (Å²) in [5.41, 5.74) is -2.06. The summed E-state index contributed by atoms with van der Waals surface area (Å²) < 4.78 is 81.5. The van der Waals surface area contributed by atoms with Crippen molar-refractivity contribution in [2.24, 2.45) is 13.0 Å². The third-order valence-electron chi connectivity index (χ3n) is 7.89. The van der Waals surface area contributed by atoms with Gasteiger partial charge in [-0.05, 0) is 37.5 Å². The normalized spacial score (nSPS) is 22.4. The van der Waals surface area contributed by atoms with E-state index in [2.05, 4.69) is 16.5 Å². The molecule has 1 saturated heterocycles. The first kappa shape index (κ1) is 31.3. The highest BCUT2D eigenvalue weighted by molar-refractivity contribution is 7.92. The second-order valence-corrected chi connectivity index (χ2v) is 12.7. The monoisotopic (exact) mass is 611 g/mol. The Hall–Kier alpha value is -3.64. The van der Waals surface area contributed by atoms with Gasteiger partial charge in [0.15, 0.2) is 9.84 Å². The van der Waals surface area contributed by atoms with E-state index in [1.165, 1.54) is 35.2 Å². The molecule has 1 N–H and O–H groups in total. The Bertz CT molecular complexity index is 1480. The maximum atomic E-state index is 14.1. The van der Waals surface area contributed by atoms with Crippen molar-refractivity contribution in [3.8, 4) is 17.2 Å². The van der Waals surface area contributed by atoms with Gasteiger partial charge in [-0.25, -0.2) is 13.2 Å². The fraction of sp³-hybridized carbons (Fsp3) is 0.556. The zero-order valence-electron chi connectivity index (χ0n) is 23.3. The highest BCUT2D eigenvalue weighted by Gasteiger charge is 2.49. The average molecular weight is 612 g/mol. The van der Waals surface area contributed by atoms with Crippen LogP contribution in [0.5, 0.6) is 0 Å². The van der Waals surface area contributed by atoms with Crippen LogP contribution >= 0.6 is 0 Å². The SMILES string of the molecule is CCOC(=O)N1CCC(C#N)(NC(=O)[C@H]2C[C@H](S(=O)(=O)c3ccc(-c4cnn(C)c4)cc3C(F)(F)F)C[C@H]2OC)CC1. The van der Waals surface area contributed by atoms with Gasteiger partial charge in [0, 0.05) is 51.8 Å². The Kier molecular flexibility index (Phi) is 8.89. The number of nitriles is 1. The molecule has 0 unspecified atom stereocenters. The molecule has 4 rings (SSSR count). The second kappa shape index (κ2) is 11.9. The summed E-state index contributed by atoms with van der Waals surface area (Å²) in [5.74, 6) is -1.65. The van der Waals surface area contributed by atoms with Crippen LogP contribution in [-0.2, 0) is 37.3 Å². The van der Waals surface area contributed by atoms with E-state index in [1.807, 2.05) is 0 Å². The summed E-state index contributed by atoms with van der Waals surface area (Å²) >= 11 is 0. The molecule has 1 aromatic heterocycles. The van der Waals surface area contributed by atoms with E-state index >= 15 is 0 Å². The third kappa shape index (κ3) is 6.24. The fourth-order valence-corrected chi connectivity index (χ4v) is 7.55. The van der Waals surface area contributed by atoms with Gasteiger partial charge in [-0.2, -0.15) is 23.5 Å². The maximum Gasteiger partial charge on any atom is 0.417 e. The maximum absolute atomic E-state index is 14.1. The lowest BCUT2D eigenvalue weighted by atomic mass is 9.88. The van der Waals surface area contributed by atoms with Gasteiger partial charge in [0.25, 0.3) is 0 Å². The molecule has 0 spiro atoms. The van der Waals surface area contributed by atoms with Crippen molar-refractivity contribution in [1.82, 2.24) is 20.0 Å². The summed E-state index contributed by atoms with van der Waals surface area (Å²) in [6.45, 7) is 2.19. The van der Waals surface area contributed by atoms with Gasteiger partial charge in [0.1, 0.15) is 5.54 Å². The first-order valence-electron chi connectivity index (χ1n) is 13.4. The average Bonchev–Trinajstić information content (AvgIpc) is 3.60. The van der Waals surface area contributed by atoms with Gasteiger partial charge in [0.2, 0.25) is 5.91 Å². The van der Waals surface area contributed by atoms with Crippen LogP contribution in [-0.4, -0.2) is 78.8 Å². The Morgan fingerprint density at radius 3 is 2.45 bits per heavy atom. The number of piperidine rings is 1. The molecular weight excluding hydrogens is 579 g/mol. The van der Waals surface area contributed by atoms with Crippen molar-refractivity contribution >= 4 is 21.8 Å². The number of sulfone groups is 1. The number of nitrogens with one attached hydrogen (secondary N) is 1. The first-order chi connectivity index (χ1) is 19.7. The number of carbonyl (C=O) groups is 2. The third-order valence-corrected chi connectivity index (χ3v) is 10.1. The van der Waals surface area contributed by atoms with Crippen LogP contribution in [0.15, 0.2) is 35.5 Å². The molecule has 1 saturated carbocycles. The van der Waals surface area contributed by atoms with Crippen LogP contribution in [0, 0.1) is 17.2 Å². The molecule has 1 aliphatic heterocycles. The van der Waals surface area contributed by atoms with Crippen LogP contribution in [0.25, 0.3) is 11.1 Å². The minimum absolute atomic E-state index is 0.123. The van der Waals surface area contributed by atoms with Crippen LogP contribution < -0.4 is 5.32 Å². The molecule has 0 bridgehead atoms. The van der Waals surface area contributed by atoms with E-state index < -0.39 is 61.3 Å². The molecule has 42 heavy (non-hydrogen) atoms. The van der Waals surface area contributed by atoms with Crippen LogP contribution in [0.1, 0.15) is 38.2 Å². The first-order valence-corrected chi connectivity index (χ1v) is 14.9. The van der Waals surface area contributed by atoms with Crippen molar-refractivity contribution in [2.75, 3.05) is 26.8 Å². The summed E-state index contributed by atoms with van der Waals surface area (Å²) in [7, 11) is -1.65. The Labute approximate surface area is 241 Å². The second-order valence-electron chi connectivity index (χ2n) is 10.5. The van der Waals surface area contributed by atoms with E-state index in [1.54, 1.807) is 14.0 Å². The van der Waals surface area contributed by atoms with Crippen LogP contribution in [0.4, 0.5) is 18.0 Å². The number of methoxy groups -OCH3 is 1. The lowest BCUT2D eigenvalue weighted by Crippen LogP contribution is -2.57. The molecule has 2 aromatic rings. The minimum Gasteiger partial charge on any atom is -0.450 e. The van der Waals surface area contributed by atoms with E-state index in [0.717, 1.165) is 12.1 Å². The molecule has 1 aliphatic carbocycles. The minimum atomic E-state index is -4.96. The van der Waals surface area contributed by atoms with Crippen molar-refractivity contribution in [1.29, 1.82) is 5.26 Å². The van der Waals surface area contributed by atoms with E-state index in [-0.39, 0.29) is 50.9 Å². The molecular formula is C27H32F3N5O6S. The highest BCUT2D eigenvalue weighted by atomic mass is 32.2. The van der Waals surface area contributed by atoms with Crippen LogP contribution in [0.3, 0.4) is 0 Å². The number of likely N-dealkylation sites (tertiary alicyclic amines) is 1. The van der Waals surface area contributed by atoms with Gasteiger partial charge in [0.05, 0.1) is 46.6 Å². The number of ether oxygens (including phenoxy) is 2. The predicted octanol–water partition coefficient (Wildman–Crippen LogP) is 3.30. The molecule has 1 aromatic carbocycles. The summed E-state index contributed by atoms with van der Waals surface area (Å²) in [6, 6.07) is 5.13. The molecule has 2 fully saturated rings. The largest absolute Gasteiger partial charge is 0.450 e. The number of benzene rings is 1. The number of aryl methyl sites for hydroxylation is 1. The quantitative estimate of drug-likeness (QED) is 0.503. The smallest absolute Gasteiger partial charge is 0.417 e. The van der Waals surface area contributed by atoms with Gasteiger partial charge >= 0.3 is 12.3 Å². The molecule has 2 amide bonds. The molecule has 15 heteroatoms. The van der Waals surface area contributed by atoms with Gasteiger partial charge in [-0.15, -0.1) is 0 Å². The summed E-state index contributed by atoms with van der Waals surface area (Å²) in [4.78, 5) is 26.0. The van der Waals surface area contributed by atoms with Crippen molar-refractivity contribution in [3.63, 3.8) is 0 Å². The molecule has 2 aliphatic rings. The van der Waals surface area contributed by atoms with E-state index in [4.69, 9.17) is 9.47 Å². The number of carbonyl (C=O) groups excluding carboxylic acids is 2. The lowest BCUT2D eigenvalue weighted by molar-refractivity contribution is -0.139. The molecule has 11 nitrogen and oxygen atoms in total. The molecule has 3 atom stereocenters. The lowest BCUT2D eigenvalue weighted by Gasteiger charge is -2.37. The van der Waals surface area contributed by atoms with Gasteiger partial charge in [-0.1, -0.05) is 6.07 Å². The molecule has 0 radical (unpaired) electrons. The number of nitrogens with zero attached hydrogens (tertiary/aromatic N) is 4. The summed E-state index contributed by atoms with van der Waals surface area (Å²) in [5, 5.41) is 15.2. The van der Waals surface area contributed by atoms with E-state index in [0.29, 0.717) is 5.56 Å². The number of halogens is 3. The summed E-state index contributed by atoms with van der Waals surface area (Å²) in [6.07, 6.45) is -3.73. The zero-order chi connectivity index (χ0) is 30.9. The van der Waals surface area contributed by atoms with Crippen molar-refractivity contribution in [2.45, 2.75) is 60.6 Å². The fourth-order valence-electron chi connectivity index (χ4n) is 5.55. The van der Waals surface area contributed by atoms with Crippen molar-refractivity contribution < 1.29 is 40.7 Å². The number of hydrogen-bond acceptors (Lipinski definition) is 8. The number of aromatic nitrogens is 2. The topological polar surface area (TPSA) is 144 Å².